The Balaban J connectivity index is 3.70. The second kappa shape index (κ2) is 4.60. The van der Waals surface area contributed by atoms with E-state index in [1.807, 2.05) is 0 Å². The van der Waals surface area contributed by atoms with Crippen LogP contribution in [0.5, 0.6) is 11.5 Å². The van der Waals surface area contributed by atoms with Crippen LogP contribution in [0.4, 0.5) is 0 Å². The monoisotopic (exact) mass is 261 g/mol. The van der Waals surface area contributed by atoms with Gasteiger partial charge in [0.15, 0.2) is 5.75 Å². The average Bonchev–Trinajstić information content (AvgIpc) is 2.25. The highest BCUT2D eigenvalue weighted by Gasteiger charge is 2.25. The molecule has 17 heavy (non-hydrogen) atoms. The number of hydrogen-bond donors (Lipinski definition) is 2. The first-order valence-corrected chi connectivity index (χ1v) is 5.88. The van der Waals surface area contributed by atoms with E-state index in [0.717, 1.165) is 13.2 Å². The van der Waals surface area contributed by atoms with E-state index in [1.165, 1.54) is 13.2 Å². The second-order valence-corrected chi connectivity index (χ2v) is 4.55. The van der Waals surface area contributed by atoms with Crippen molar-refractivity contribution in [3.63, 3.8) is 0 Å². The van der Waals surface area contributed by atoms with E-state index in [4.69, 9.17) is 19.7 Å². The molecular formula is C9H11NO6S. The van der Waals surface area contributed by atoms with Gasteiger partial charge in [0.1, 0.15) is 16.2 Å². The van der Waals surface area contributed by atoms with E-state index in [1.54, 1.807) is 0 Å². The number of primary sulfonamides is 1. The fourth-order valence-electron chi connectivity index (χ4n) is 1.34. The molecule has 0 heterocycles. The predicted molar refractivity (Wildman–Crippen MR) is 57.9 cm³/mol. The number of methoxy groups -OCH3 is 2. The molecule has 8 heteroatoms. The van der Waals surface area contributed by atoms with Crippen molar-refractivity contribution in [1.29, 1.82) is 0 Å². The van der Waals surface area contributed by atoms with Crippen LogP contribution in [0.1, 0.15) is 10.4 Å². The fraction of sp³-hybridized carbons (Fsp3) is 0.222. The first-order valence-electron chi connectivity index (χ1n) is 4.34. The highest BCUT2D eigenvalue weighted by Crippen LogP contribution is 2.34. The van der Waals surface area contributed by atoms with Crippen LogP contribution in [0.15, 0.2) is 17.0 Å². The Bertz CT molecular complexity index is 551. The summed E-state index contributed by atoms with van der Waals surface area (Å²) in [6.07, 6.45) is 0. The maximum absolute atomic E-state index is 11.3. The summed E-state index contributed by atoms with van der Waals surface area (Å²) in [5, 5.41) is 14.0. The molecule has 0 amide bonds. The molecule has 0 spiro atoms. The molecule has 0 unspecified atom stereocenters. The lowest BCUT2D eigenvalue weighted by molar-refractivity contribution is 0.0689. The van der Waals surface area contributed by atoms with E-state index in [-0.39, 0.29) is 17.1 Å². The van der Waals surface area contributed by atoms with E-state index in [0.29, 0.717) is 0 Å². The minimum absolute atomic E-state index is 0.0123. The number of carboxylic acids is 1. The molecule has 0 fully saturated rings. The van der Waals surface area contributed by atoms with Crippen molar-refractivity contribution in [3.05, 3.63) is 17.7 Å². The number of carboxylic acid groups (broad SMARTS) is 1. The zero-order chi connectivity index (χ0) is 13.2. The molecule has 0 atom stereocenters. The summed E-state index contributed by atoms with van der Waals surface area (Å²) in [4.78, 5) is 10.6. The van der Waals surface area contributed by atoms with E-state index in [2.05, 4.69) is 0 Å². The molecule has 1 aromatic rings. The lowest BCUT2D eigenvalue weighted by atomic mass is 10.2. The lowest BCUT2D eigenvalue weighted by Gasteiger charge is -2.12. The maximum atomic E-state index is 11.3. The van der Waals surface area contributed by atoms with Gasteiger partial charge < -0.3 is 14.6 Å². The normalized spacial score (nSPS) is 11.0. The molecule has 0 saturated carbocycles. The van der Waals surface area contributed by atoms with Gasteiger partial charge in [-0.1, -0.05) is 0 Å². The Morgan fingerprint density at radius 1 is 1.29 bits per heavy atom. The third-order valence-electron chi connectivity index (χ3n) is 2.03. The van der Waals surface area contributed by atoms with Gasteiger partial charge in [-0.3, -0.25) is 0 Å². The summed E-state index contributed by atoms with van der Waals surface area (Å²) >= 11 is 0. The maximum Gasteiger partial charge on any atom is 0.343 e. The lowest BCUT2D eigenvalue weighted by Crippen LogP contribution is -2.16. The third-order valence-corrected chi connectivity index (χ3v) is 2.96. The third kappa shape index (κ3) is 2.48. The molecule has 0 aliphatic carbocycles. The topological polar surface area (TPSA) is 116 Å². The van der Waals surface area contributed by atoms with Crippen LogP contribution in [0.25, 0.3) is 0 Å². The summed E-state index contributed by atoms with van der Waals surface area (Å²) in [6, 6.07) is 2.32. The molecule has 0 radical (unpaired) electrons. The quantitative estimate of drug-likeness (QED) is 0.791. The Morgan fingerprint density at radius 2 is 1.88 bits per heavy atom. The fourth-order valence-corrected chi connectivity index (χ4v) is 2.05. The number of benzene rings is 1. The van der Waals surface area contributed by atoms with Crippen LogP contribution in [0.3, 0.4) is 0 Å². The van der Waals surface area contributed by atoms with Gasteiger partial charge in [-0.05, 0) is 12.1 Å². The molecule has 0 saturated heterocycles. The summed E-state index contributed by atoms with van der Waals surface area (Å²) < 4.78 is 32.1. The van der Waals surface area contributed by atoms with Crippen LogP contribution in [0.2, 0.25) is 0 Å². The zero-order valence-electron chi connectivity index (χ0n) is 9.13. The van der Waals surface area contributed by atoms with Crippen molar-refractivity contribution >= 4 is 16.0 Å². The number of hydrogen-bond acceptors (Lipinski definition) is 5. The second-order valence-electron chi connectivity index (χ2n) is 3.02. The summed E-state index contributed by atoms with van der Waals surface area (Å²) in [7, 11) is -1.66. The SMILES string of the molecule is COc1ccc(S(N)(=O)=O)c(OC)c1C(=O)O. The van der Waals surface area contributed by atoms with Crippen LogP contribution < -0.4 is 14.6 Å². The van der Waals surface area contributed by atoms with Gasteiger partial charge in [-0.15, -0.1) is 0 Å². The van der Waals surface area contributed by atoms with E-state index < -0.39 is 20.9 Å². The molecule has 7 nitrogen and oxygen atoms in total. The number of sulfonamides is 1. The largest absolute Gasteiger partial charge is 0.496 e. The van der Waals surface area contributed by atoms with Crippen LogP contribution in [-0.2, 0) is 10.0 Å². The zero-order valence-corrected chi connectivity index (χ0v) is 9.95. The van der Waals surface area contributed by atoms with Gasteiger partial charge in [-0.25, -0.2) is 18.4 Å². The summed E-state index contributed by atoms with van der Waals surface area (Å²) in [6.45, 7) is 0. The molecule has 1 rings (SSSR count). The van der Waals surface area contributed by atoms with Crippen molar-refractivity contribution in [3.8, 4) is 11.5 Å². The molecule has 0 aliphatic rings. The number of ether oxygens (including phenoxy) is 2. The van der Waals surface area contributed by atoms with Crippen molar-refractivity contribution < 1.29 is 27.8 Å². The molecule has 3 N–H and O–H groups in total. The van der Waals surface area contributed by atoms with Gasteiger partial charge in [0, 0.05) is 0 Å². The Kier molecular flexibility index (Phi) is 3.59. The number of nitrogens with two attached hydrogens (primary N) is 1. The summed E-state index contributed by atoms with van der Waals surface area (Å²) in [5.41, 5.74) is -0.387. The molecule has 1 aromatic carbocycles. The first kappa shape index (κ1) is 13.3. The molecule has 0 aromatic heterocycles. The smallest absolute Gasteiger partial charge is 0.343 e. The highest BCUT2D eigenvalue weighted by atomic mass is 32.2. The van der Waals surface area contributed by atoms with Crippen LogP contribution >= 0.6 is 0 Å². The minimum atomic E-state index is -4.07. The number of aromatic carboxylic acids is 1. The van der Waals surface area contributed by atoms with Gasteiger partial charge in [0.05, 0.1) is 14.2 Å². The summed E-state index contributed by atoms with van der Waals surface area (Å²) in [5.74, 6) is -1.73. The van der Waals surface area contributed by atoms with Crippen molar-refractivity contribution in [2.75, 3.05) is 14.2 Å². The van der Waals surface area contributed by atoms with Gasteiger partial charge in [0.25, 0.3) is 0 Å². The molecule has 0 bridgehead atoms. The average molecular weight is 261 g/mol. The number of rotatable bonds is 4. The highest BCUT2D eigenvalue weighted by molar-refractivity contribution is 7.89. The minimum Gasteiger partial charge on any atom is -0.496 e. The van der Waals surface area contributed by atoms with Gasteiger partial charge in [-0.2, -0.15) is 0 Å². The Labute approximate surface area is 97.8 Å². The molecule has 0 aliphatic heterocycles. The standard InChI is InChI=1S/C9H11NO6S/c1-15-5-3-4-6(17(10,13)14)8(16-2)7(5)9(11)12/h3-4H,1-2H3,(H,11,12)(H2,10,13,14). The van der Waals surface area contributed by atoms with Crippen LogP contribution in [0, 0.1) is 0 Å². The van der Waals surface area contributed by atoms with E-state index >= 15 is 0 Å². The van der Waals surface area contributed by atoms with Crippen molar-refractivity contribution in [2.24, 2.45) is 5.14 Å². The number of carbonyl (C=O) groups is 1. The van der Waals surface area contributed by atoms with Crippen LogP contribution in [-0.4, -0.2) is 33.7 Å². The molecular weight excluding hydrogens is 250 g/mol. The Hall–Kier alpha value is -1.80. The molecule has 94 valence electrons. The van der Waals surface area contributed by atoms with Gasteiger partial charge in [0.2, 0.25) is 10.0 Å². The predicted octanol–water partition coefficient (Wildman–Crippen LogP) is 0.0494. The Morgan fingerprint density at radius 3 is 2.24 bits per heavy atom. The van der Waals surface area contributed by atoms with E-state index in [9.17, 15) is 13.2 Å². The van der Waals surface area contributed by atoms with Gasteiger partial charge >= 0.3 is 5.97 Å². The van der Waals surface area contributed by atoms with Crippen molar-refractivity contribution in [2.45, 2.75) is 4.90 Å². The van der Waals surface area contributed by atoms with Crippen molar-refractivity contribution in [1.82, 2.24) is 0 Å². The first-order chi connectivity index (χ1) is 7.82.